The average Bonchev–Trinajstić information content (AvgIpc) is 3.54. The number of hydrogen-bond donors (Lipinski definition) is 0. The van der Waals surface area contributed by atoms with Crippen LogP contribution in [-0.4, -0.2) is 41.1 Å². The van der Waals surface area contributed by atoms with Gasteiger partial charge in [-0.3, -0.25) is 9.67 Å². The smallest absolute Gasteiger partial charge is 0.455 e. The zero-order valence-electron chi connectivity index (χ0n) is 20.9. The summed E-state index contributed by atoms with van der Waals surface area (Å²) in [5.74, 6) is 0.595. The summed E-state index contributed by atoms with van der Waals surface area (Å²) in [4.78, 5) is 16.4. The third-order valence-corrected chi connectivity index (χ3v) is 5.89. The van der Waals surface area contributed by atoms with Crippen LogP contribution in [0.25, 0.3) is 11.3 Å². The van der Waals surface area contributed by atoms with Crippen molar-refractivity contribution in [3.05, 3.63) is 52.3 Å². The minimum absolute atomic E-state index is 0.0530. The number of ether oxygens (including phenoxy) is 3. The first-order valence-electron chi connectivity index (χ1n) is 11.4. The third-order valence-electron chi connectivity index (χ3n) is 5.89. The fraction of sp³-hybridized carbons (Fsp3) is 0.500. The zero-order valence-corrected chi connectivity index (χ0v) is 20.9. The molecule has 0 radical (unpaired) electrons. The van der Waals surface area contributed by atoms with Crippen LogP contribution in [0.1, 0.15) is 69.1 Å². The SMILES string of the molecule is CCC(C)OC(=O)OCO/C(=C(\c1ccc(C(C)(C)C)cc1)C1C=N1)c1c(C)c(C)nn1C. The number of carbonyl (C=O) groups excluding carboxylic acids is 1. The van der Waals surface area contributed by atoms with E-state index in [4.69, 9.17) is 14.2 Å². The summed E-state index contributed by atoms with van der Waals surface area (Å²) in [5, 5.41) is 4.56. The molecule has 1 aliphatic rings. The summed E-state index contributed by atoms with van der Waals surface area (Å²) >= 11 is 0. The van der Waals surface area contributed by atoms with Crippen molar-refractivity contribution >= 4 is 23.7 Å². The lowest BCUT2D eigenvalue weighted by Crippen LogP contribution is -2.17. The standard InChI is InChI=1S/C26H35N3O4/c1-9-16(2)33-25(30)32-15-31-24(23-17(3)18(4)28-29(23)8)22(21-14-27-21)19-10-12-20(13-11-19)26(5,6)7/h10-14,16,21H,9,15H2,1-8H3/b24-22+. The molecule has 7 heteroatoms. The van der Waals surface area contributed by atoms with Gasteiger partial charge in [-0.15, -0.1) is 0 Å². The number of aliphatic imine (C=N–C) groups is 1. The molecular formula is C26H35N3O4. The van der Waals surface area contributed by atoms with Crippen LogP contribution in [0.15, 0.2) is 29.3 Å². The van der Waals surface area contributed by atoms with E-state index in [0.717, 1.165) is 28.1 Å². The van der Waals surface area contributed by atoms with Gasteiger partial charge in [0.2, 0.25) is 6.79 Å². The first-order chi connectivity index (χ1) is 15.5. The van der Waals surface area contributed by atoms with Crippen molar-refractivity contribution in [3.8, 4) is 0 Å². The van der Waals surface area contributed by atoms with Crippen molar-refractivity contribution in [3.63, 3.8) is 0 Å². The van der Waals surface area contributed by atoms with Crippen LogP contribution in [0.5, 0.6) is 0 Å². The Morgan fingerprint density at radius 2 is 1.79 bits per heavy atom. The normalized spacial score (nSPS) is 16.8. The molecule has 0 fully saturated rings. The first kappa shape index (κ1) is 24.6. The van der Waals surface area contributed by atoms with Gasteiger partial charge in [-0.2, -0.15) is 5.10 Å². The maximum atomic E-state index is 12.0. The molecule has 1 aromatic carbocycles. The molecule has 7 nitrogen and oxygen atoms in total. The summed E-state index contributed by atoms with van der Waals surface area (Å²) in [7, 11) is 1.88. The summed E-state index contributed by atoms with van der Waals surface area (Å²) in [5.41, 5.74) is 5.95. The molecule has 178 valence electrons. The monoisotopic (exact) mass is 453 g/mol. The van der Waals surface area contributed by atoms with E-state index >= 15 is 0 Å². The van der Waals surface area contributed by atoms with Gasteiger partial charge in [-0.1, -0.05) is 52.0 Å². The fourth-order valence-electron chi connectivity index (χ4n) is 3.55. The Bertz CT molecular complexity index is 1050. The van der Waals surface area contributed by atoms with E-state index in [1.165, 1.54) is 5.56 Å². The molecule has 1 aromatic heterocycles. The van der Waals surface area contributed by atoms with Gasteiger partial charge in [0, 0.05) is 24.4 Å². The summed E-state index contributed by atoms with van der Waals surface area (Å²) in [6.07, 6.45) is 1.63. The van der Waals surface area contributed by atoms with Gasteiger partial charge < -0.3 is 14.2 Å². The summed E-state index contributed by atoms with van der Waals surface area (Å²) < 4.78 is 18.3. The lowest BCUT2D eigenvalue weighted by atomic mass is 9.85. The third kappa shape index (κ3) is 5.83. The molecule has 0 saturated heterocycles. The average molecular weight is 454 g/mol. The van der Waals surface area contributed by atoms with E-state index in [1.807, 2.05) is 41.0 Å². The molecule has 0 bridgehead atoms. The van der Waals surface area contributed by atoms with E-state index in [9.17, 15) is 4.79 Å². The van der Waals surface area contributed by atoms with Crippen molar-refractivity contribution in [1.82, 2.24) is 9.78 Å². The Morgan fingerprint density at radius 3 is 2.27 bits per heavy atom. The molecule has 2 heterocycles. The Balaban J connectivity index is 1.99. The van der Waals surface area contributed by atoms with E-state index in [0.29, 0.717) is 12.2 Å². The van der Waals surface area contributed by atoms with Gasteiger partial charge >= 0.3 is 6.16 Å². The molecule has 0 saturated carbocycles. The number of hydrogen-bond acceptors (Lipinski definition) is 6. The lowest BCUT2D eigenvalue weighted by Gasteiger charge is -2.21. The maximum absolute atomic E-state index is 12.0. The predicted molar refractivity (Wildman–Crippen MR) is 130 cm³/mol. The largest absolute Gasteiger partial charge is 0.511 e. The second kappa shape index (κ2) is 9.81. The van der Waals surface area contributed by atoms with Crippen molar-refractivity contribution < 1.29 is 19.0 Å². The molecule has 2 atom stereocenters. The molecule has 0 N–H and O–H groups in total. The van der Waals surface area contributed by atoms with Gasteiger partial charge in [0.25, 0.3) is 0 Å². The second-order valence-corrected chi connectivity index (χ2v) is 9.49. The number of aromatic nitrogens is 2. The molecular weight excluding hydrogens is 418 g/mol. The fourth-order valence-corrected chi connectivity index (χ4v) is 3.55. The van der Waals surface area contributed by atoms with Crippen LogP contribution in [0.3, 0.4) is 0 Å². The summed E-state index contributed by atoms with van der Waals surface area (Å²) in [6.45, 7) is 14.0. The Labute approximate surface area is 196 Å². The number of aryl methyl sites for hydroxylation is 2. The number of nitrogens with zero attached hydrogens (tertiary/aromatic N) is 3. The second-order valence-electron chi connectivity index (χ2n) is 9.49. The minimum Gasteiger partial charge on any atom is -0.455 e. The lowest BCUT2D eigenvalue weighted by molar-refractivity contribution is -0.0207. The zero-order chi connectivity index (χ0) is 24.3. The van der Waals surface area contributed by atoms with Crippen LogP contribution in [-0.2, 0) is 26.7 Å². The quantitative estimate of drug-likeness (QED) is 0.296. The van der Waals surface area contributed by atoms with Crippen molar-refractivity contribution in [2.24, 2.45) is 12.0 Å². The van der Waals surface area contributed by atoms with Crippen molar-refractivity contribution in [2.75, 3.05) is 6.79 Å². The maximum Gasteiger partial charge on any atom is 0.511 e. The number of carbonyl (C=O) groups is 1. The van der Waals surface area contributed by atoms with Crippen LogP contribution < -0.4 is 0 Å². The van der Waals surface area contributed by atoms with Gasteiger partial charge in [0.1, 0.15) is 17.8 Å². The highest BCUT2D eigenvalue weighted by atomic mass is 16.8. The molecule has 0 amide bonds. The van der Waals surface area contributed by atoms with Crippen molar-refractivity contribution in [2.45, 2.75) is 72.4 Å². The molecule has 2 aromatic rings. The van der Waals surface area contributed by atoms with E-state index in [2.05, 4.69) is 55.1 Å². The highest BCUT2D eigenvalue weighted by Crippen LogP contribution is 2.37. The number of benzene rings is 1. The molecule has 0 spiro atoms. The predicted octanol–water partition coefficient (Wildman–Crippen LogP) is 5.58. The Kier molecular flexibility index (Phi) is 7.30. The number of rotatable bonds is 8. The van der Waals surface area contributed by atoms with Crippen LogP contribution >= 0.6 is 0 Å². The molecule has 1 aliphatic heterocycles. The van der Waals surface area contributed by atoms with E-state index in [-0.39, 0.29) is 24.4 Å². The molecule has 33 heavy (non-hydrogen) atoms. The first-order valence-corrected chi connectivity index (χ1v) is 11.4. The minimum atomic E-state index is -0.750. The van der Waals surface area contributed by atoms with Crippen LogP contribution in [0.2, 0.25) is 0 Å². The van der Waals surface area contributed by atoms with Crippen LogP contribution in [0.4, 0.5) is 4.79 Å². The van der Waals surface area contributed by atoms with Gasteiger partial charge in [0.05, 0.1) is 5.69 Å². The Morgan fingerprint density at radius 1 is 1.15 bits per heavy atom. The molecule has 3 rings (SSSR count). The van der Waals surface area contributed by atoms with E-state index < -0.39 is 6.16 Å². The van der Waals surface area contributed by atoms with Crippen molar-refractivity contribution in [1.29, 1.82) is 0 Å². The molecule has 0 aliphatic carbocycles. The van der Waals surface area contributed by atoms with Gasteiger partial charge in [-0.25, -0.2) is 4.79 Å². The van der Waals surface area contributed by atoms with Gasteiger partial charge in [0.15, 0.2) is 5.76 Å². The highest BCUT2D eigenvalue weighted by Gasteiger charge is 2.30. The van der Waals surface area contributed by atoms with Gasteiger partial charge in [-0.05, 0) is 43.7 Å². The van der Waals surface area contributed by atoms with E-state index in [1.54, 1.807) is 4.68 Å². The molecule has 2 unspecified atom stereocenters. The highest BCUT2D eigenvalue weighted by molar-refractivity contribution is 6.04. The van der Waals surface area contributed by atoms with Crippen LogP contribution in [0, 0.1) is 13.8 Å². The summed E-state index contributed by atoms with van der Waals surface area (Å²) in [6, 6.07) is 8.37. The topological polar surface area (TPSA) is 74.9 Å². The Hall–Kier alpha value is -3.09.